The number of ether oxygens (including phenoxy) is 1. The van der Waals surface area contributed by atoms with Gasteiger partial charge in [-0.3, -0.25) is 0 Å². The van der Waals surface area contributed by atoms with Crippen LogP contribution in [0.1, 0.15) is 57.4 Å². The molecule has 1 heterocycles. The van der Waals surface area contributed by atoms with Crippen molar-refractivity contribution in [2.75, 3.05) is 6.61 Å². The van der Waals surface area contributed by atoms with Gasteiger partial charge in [-0.15, -0.1) is 0 Å². The lowest BCUT2D eigenvalue weighted by molar-refractivity contribution is 0.142. The number of aliphatic hydroxyl groups is 1. The number of aliphatic hydroxyl groups excluding tert-OH is 1. The number of benzene rings is 1. The van der Waals surface area contributed by atoms with Crippen LogP contribution in [-0.2, 0) is 6.42 Å². The van der Waals surface area contributed by atoms with E-state index in [9.17, 15) is 15.3 Å². The Labute approximate surface area is 132 Å². The van der Waals surface area contributed by atoms with E-state index < -0.39 is 0 Å². The highest BCUT2D eigenvalue weighted by Gasteiger charge is 2.15. The molecule has 3 N–H and O–H groups in total. The molecule has 2 unspecified atom stereocenters. The van der Waals surface area contributed by atoms with Crippen LogP contribution in [0.3, 0.4) is 0 Å². The van der Waals surface area contributed by atoms with E-state index in [1.54, 1.807) is 6.07 Å². The van der Waals surface area contributed by atoms with Gasteiger partial charge >= 0.3 is 0 Å². The molecule has 22 heavy (non-hydrogen) atoms. The number of phenols is 2. The van der Waals surface area contributed by atoms with Crippen molar-refractivity contribution in [3.63, 3.8) is 0 Å². The Hall–Kier alpha value is -1.42. The van der Waals surface area contributed by atoms with Gasteiger partial charge in [-0.05, 0) is 44.1 Å². The Morgan fingerprint density at radius 2 is 1.77 bits per heavy atom. The summed E-state index contributed by atoms with van der Waals surface area (Å²) in [5.74, 6) is 0.979. The first-order valence-electron chi connectivity index (χ1n) is 8.42. The van der Waals surface area contributed by atoms with Gasteiger partial charge in [0.2, 0.25) is 0 Å². The lowest BCUT2D eigenvalue weighted by Gasteiger charge is -2.18. The molecule has 0 amide bonds. The summed E-state index contributed by atoms with van der Waals surface area (Å²) in [6.45, 7) is 2.66. The van der Waals surface area contributed by atoms with E-state index in [1.807, 2.05) is 0 Å². The molecular weight excluding hydrogens is 280 g/mol. The summed E-state index contributed by atoms with van der Waals surface area (Å²) in [6.07, 6.45) is 7.31. The molecule has 1 aliphatic heterocycles. The van der Waals surface area contributed by atoms with Crippen molar-refractivity contribution < 1.29 is 20.1 Å². The van der Waals surface area contributed by atoms with Crippen LogP contribution in [-0.4, -0.2) is 28.0 Å². The maximum atomic E-state index is 10.0. The summed E-state index contributed by atoms with van der Waals surface area (Å²) in [5, 5.41) is 29.7. The molecule has 0 aromatic heterocycles. The minimum Gasteiger partial charge on any atom is -0.508 e. The quantitative estimate of drug-likeness (QED) is 0.682. The SMILES string of the molecule is CC1CCCC(O)CCCCCc2cc(O)cc(O)c2OC1. The van der Waals surface area contributed by atoms with E-state index in [2.05, 4.69) is 6.92 Å². The molecule has 4 nitrogen and oxygen atoms in total. The highest BCUT2D eigenvalue weighted by Crippen LogP contribution is 2.36. The summed E-state index contributed by atoms with van der Waals surface area (Å²) >= 11 is 0. The second kappa shape index (κ2) is 8.28. The van der Waals surface area contributed by atoms with Crippen molar-refractivity contribution in [2.45, 2.75) is 64.4 Å². The molecule has 124 valence electrons. The summed E-state index contributed by atoms with van der Waals surface area (Å²) in [4.78, 5) is 0. The predicted octanol–water partition coefficient (Wildman–Crippen LogP) is 3.76. The number of phenolic OH excluding ortho intramolecular Hbond substituents is 2. The van der Waals surface area contributed by atoms with Crippen LogP contribution in [0.25, 0.3) is 0 Å². The molecule has 0 radical (unpaired) electrons. The van der Waals surface area contributed by atoms with E-state index >= 15 is 0 Å². The monoisotopic (exact) mass is 308 g/mol. The third-order valence-electron chi connectivity index (χ3n) is 4.36. The van der Waals surface area contributed by atoms with Gasteiger partial charge in [0.15, 0.2) is 11.5 Å². The maximum absolute atomic E-state index is 10.0. The topological polar surface area (TPSA) is 69.9 Å². The van der Waals surface area contributed by atoms with Crippen LogP contribution in [0.5, 0.6) is 17.2 Å². The molecule has 0 saturated carbocycles. The molecule has 0 saturated heterocycles. The first kappa shape index (κ1) is 16.9. The molecule has 2 atom stereocenters. The fourth-order valence-electron chi connectivity index (χ4n) is 3.04. The first-order chi connectivity index (χ1) is 10.6. The number of rotatable bonds is 0. The highest BCUT2D eigenvalue weighted by atomic mass is 16.5. The first-order valence-corrected chi connectivity index (χ1v) is 8.42. The number of aryl methyl sites for hydroxylation is 1. The fourth-order valence-corrected chi connectivity index (χ4v) is 3.04. The van der Waals surface area contributed by atoms with Crippen molar-refractivity contribution in [3.8, 4) is 17.2 Å². The van der Waals surface area contributed by atoms with Gasteiger partial charge in [0.05, 0.1) is 12.7 Å². The Kier molecular flexibility index (Phi) is 6.37. The highest BCUT2D eigenvalue weighted by molar-refractivity contribution is 5.50. The van der Waals surface area contributed by atoms with Crippen molar-refractivity contribution in [3.05, 3.63) is 17.7 Å². The summed E-state index contributed by atoms with van der Waals surface area (Å²) < 4.78 is 5.83. The summed E-state index contributed by atoms with van der Waals surface area (Å²) in [7, 11) is 0. The number of fused-ring (bicyclic) bond motifs is 1. The van der Waals surface area contributed by atoms with Crippen LogP contribution < -0.4 is 4.74 Å². The zero-order chi connectivity index (χ0) is 15.9. The molecule has 4 heteroatoms. The van der Waals surface area contributed by atoms with Gasteiger partial charge in [-0.2, -0.15) is 0 Å². The Morgan fingerprint density at radius 3 is 2.59 bits per heavy atom. The lowest BCUT2D eigenvalue weighted by Crippen LogP contribution is -2.12. The Bertz CT molecular complexity index is 472. The van der Waals surface area contributed by atoms with E-state index in [0.717, 1.165) is 56.9 Å². The van der Waals surface area contributed by atoms with Crippen molar-refractivity contribution in [1.29, 1.82) is 0 Å². The van der Waals surface area contributed by atoms with E-state index in [0.29, 0.717) is 18.3 Å². The van der Waals surface area contributed by atoms with Gasteiger partial charge in [-0.25, -0.2) is 0 Å². The van der Waals surface area contributed by atoms with Crippen molar-refractivity contribution in [1.82, 2.24) is 0 Å². The standard InChI is InChI=1S/C18H28O4/c1-13-6-5-9-15(19)8-4-2-3-7-14-10-16(20)11-17(21)18(14)22-12-13/h10-11,13,15,19-21H,2-9,12H2,1H3. The molecular formula is C18H28O4. The Morgan fingerprint density at radius 1 is 1.00 bits per heavy atom. The fraction of sp³-hybridized carbons (Fsp3) is 0.667. The average molecular weight is 308 g/mol. The molecule has 1 aromatic rings. The van der Waals surface area contributed by atoms with Crippen molar-refractivity contribution in [2.24, 2.45) is 5.92 Å². The third kappa shape index (κ3) is 5.09. The van der Waals surface area contributed by atoms with Gasteiger partial charge in [0.25, 0.3) is 0 Å². The van der Waals surface area contributed by atoms with Crippen LogP contribution in [0.2, 0.25) is 0 Å². The zero-order valence-electron chi connectivity index (χ0n) is 13.4. The smallest absolute Gasteiger partial charge is 0.164 e. The normalized spacial score (nSPS) is 24.8. The second-order valence-electron chi connectivity index (χ2n) is 6.55. The second-order valence-corrected chi connectivity index (χ2v) is 6.55. The Balaban J connectivity index is 2.10. The minimum atomic E-state index is -0.184. The van der Waals surface area contributed by atoms with E-state index in [-0.39, 0.29) is 17.6 Å². The van der Waals surface area contributed by atoms with Crippen LogP contribution in [0.4, 0.5) is 0 Å². The summed E-state index contributed by atoms with van der Waals surface area (Å²) in [6, 6.07) is 3.02. The summed E-state index contributed by atoms with van der Waals surface area (Å²) in [5.41, 5.74) is 0.863. The van der Waals surface area contributed by atoms with Gasteiger partial charge < -0.3 is 20.1 Å². The minimum absolute atomic E-state index is 0.0183. The molecule has 0 bridgehead atoms. The van der Waals surface area contributed by atoms with Gasteiger partial charge in [-0.1, -0.05) is 26.2 Å². The molecule has 2 rings (SSSR count). The van der Waals surface area contributed by atoms with Crippen molar-refractivity contribution >= 4 is 0 Å². The molecule has 0 fully saturated rings. The number of aromatic hydroxyl groups is 2. The van der Waals surface area contributed by atoms with Gasteiger partial charge in [0, 0.05) is 11.6 Å². The molecule has 0 spiro atoms. The third-order valence-corrected chi connectivity index (χ3v) is 4.36. The number of hydrogen-bond acceptors (Lipinski definition) is 4. The average Bonchev–Trinajstić information content (AvgIpc) is 2.45. The van der Waals surface area contributed by atoms with Gasteiger partial charge in [0.1, 0.15) is 5.75 Å². The molecule has 1 aliphatic rings. The van der Waals surface area contributed by atoms with E-state index in [1.165, 1.54) is 6.07 Å². The largest absolute Gasteiger partial charge is 0.508 e. The zero-order valence-corrected chi connectivity index (χ0v) is 13.4. The van der Waals surface area contributed by atoms with Crippen LogP contribution in [0, 0.1) is 5.92 Å². The molecule has 0 aliphatic carbocycles. The number of hydrogen-bond donors (Lipinski definition) is 3. The predicted molar refractivity (Wildman–Crippen MR) is 86.5 cm³/mol. The lowest BCUT2D eigenvalue weighted by atomic mass is 9.98. The maximum Gasteiger partial charge on any atom is 0.164 e. The molecule has 1 aromatic carbocycles. The van der Waals surface area contributed by atoms with E-state index in [4.69, 9.17) is 4.74 Å². The van der Waals surface area contributed by atoms with Crippen LogP contribution in [0.15, 0.2) is 12.1 Å². The van der Waals surface area contributed by atoms with Crippen LogP contribution >= 0.6 is 0 Å².